The van der Waals surface area contributed by atoms with Crippen LogP contribution in [0.1, 0.15) is 44.4 Å². The summed E-state index contributed by atoms with van der Waals surface area (Å²) in [7, 11) is -3.82. The SMILES string of the molecule is CCNC(=O)[C@H](Cc1ccccc1)N(Cc1ccc(Cl)cc1)C(=O)CN(c1ccc(C(C)(C)C)cc1)S(C)(=O)=O. The highest BCUT2D eigenvalue weighted by Gasteiger charge is 2.33. The van der Waals surface area contributed by atoms with Gasteiger partial charge in [0, 0.05) is 24.5 Å². The van der Waals surface area contributed by atoms with Gasteiger partial charge in [-0.1, -0.05) is 87.0 Å². The highest BCUT2D eigenvalue weighted by atomic mass is 35.5. The molecule has 40 heavy (non-hydrogen) atoms. The summed E-state index contributed by atoms with van der Waals surface area (Å²) in [6.45, 7) is 8.07. The van der Waals surface area contributed by atoms with Crippen LogP contribution in [0.25, 0.3) is 0 Å². The third kappa shape index (κ3) is 8.57. The van der Waals surface area contributed by atoms with Gasteiger partial charge < -0.3 is 10.2 Å². The summed E-state index contributed by atoms with van der Waals surface area (Å²) in [5.74, 6) is -0.804. The zero-order valence-corrected chi connectivity index (χ0v) is 25.3. The maximum Gasteiger partial charge on any atom is 0.244 e. The molecule has 0 aromatic heterocycles. The topological polar surface area (TPSA) is 86.8 Å². The molecule has 0 aliphatic rings. The van der Waals surface area contributed by atoms with Crippen molar-refractivity contribution in [3.63, 3.8) is 0 Å². The number of rotatable bonds is 11. The molecule has 0 bridgehead atoms. The van der Waals surface area contributed by atoms with E-state index in [1.807, 2.05) is 49.4 Å². The van der Waals surface area contributed by atoms with Crippen LogP contribution in [0.2, 0.25) is 5.02 Å². The summed E-state index contributed by atoms with van der Waals surface area (Å²) < 4.78 is 26.9. The molecule has 1 N–H and O–H groups in total. The van der Waals surface area contributed by atoms with E-state index >= 15 is 0 Å². The minimum Gasteiger partial charge on any atom is -0.355 e. The Bertz CT molecular complexity index is 1390. The lowest BCUT2D eigenvalue weighted by molar-refractivity contribution is -0.140. The lowest BCUT2D eigenvalue weighted by atomic mass is 9.87. The molecule has 0 saturated heterocycles. The van der Waals surface area contributed by atoms with E-state index < -0.39 is 28.5 Å². The van der Waals surface area contributed by atoms with Gasteiger partial charge in [0.25, 0.3) is 0 Å². The molecule has 3 rings (SSSR count). The number of anilines is 1. The minimum absolute atomic E-state index is 0.102. The van der Waals surface area contributed by atoms with E-state index in [1.54, 1.807) is 36.4 Å². The first-order valence-corrected chi connectivity index (χ1v) is 15.5. The fourth-order valence-corrected chi connectivity index (χ4v) is 5.35. The molecule has 9 heteroatoms. The number of halogens is 1. The number of benzene rings is 3. The summed E-state index contributed by atoms with van der Waals surface area (Å²) in [6.07, 6.45) is 1.35. The number of nitrogens with zero attached hydrogens (tertiary/aromatic N) is 2. The predicted octanol–water partition coefficient (Wildman–Crippen LogP) is 5.18. The number of carbonyl (C=O) groups excluding carboxylic acids is 2. The molecular weight excluding hydrogens is 546 g/mol. The Labute approximate surface area is 243 Å². The fraction of sp³-hybridized carbons (Fsp3) is 0.355. The molecule has 0 saturated carbocycles. The van der Waals surface area contributed by atoms with E-state index in [9.17, 15) is 18.0 Å². The van der Waals surface area contributed by atoms with Crippen molar-refractivity contribution in [2.45, 2.75) is 52.1 Å². The Morgan fingerprint density at radius 1 is 0.900 bits per heavy atom. The average molecular weight is 584 g/mol. The first kappa shape index (κ1) is 31.2. The number of carbonyl (C=O) groups is 2. The molecule has 1 atom stereocenters. The molecule has 3 aromatic rings. The lowest BCUT2D eigenvalue weighted by Crippen LogP contribution is -2.53. The third-order valence-corrected chi connectivity index (χ3v) is 7.98. The molecule has 0 heterocycles. The maximum atomic E-state index is 14.0. The van der Waals surface area contributed by atoms with E-state index in [-0.39, 0.29) is 24.3 Å². The zero-order valence-electron chi connectivity index (χ0n) is 23.7. The van der Waals surface area contributed by atoms with Gasteiger partial charge in [0.2, 0.25) is 21.8 Å². The predicted molar refractivity (Wildman–Crippen MR) is 162 cm³/mol. The van der Waals surface area contributed by atoms with Crippen LogP contribution in [-0.4, -0.2) is 50.5 Å². The van der Waals surface area contributed by atoms with Gasteiger partial charge in [-0.05, 0) is 53.3 Å². The summed E-state index contributed by atoms with van der Waals surface area (Å²) in [5.41, 5.74) is 2.95. The van der Waals surface area contributed by atoms with Crippen molar-refractivity contribution in [2.75, 3.05) is 23.7 Å². The monoisotopic (exact) mass is 583 g/mol. The van der Waals surface area contributed by atoms with Gasteiger partial charge >= 0.3 is 0 Å². The van der Waals surface area contributed by atoms with Crippen molar-refractivity contribution in [3.05, 3.63) is 101 Å². The number of hydrogen-bond donors (Lipinski definition) is 1. The Balaban J connectivity index is 2.02. The molecule has 0 aliphatic heterocycles. The smallest absolute Gasteiger partial charge is 0.244 e. The van der Waals surface area contributed by atoms with Crippen LogP contribution in [0.4, 0.5) is 5.69 Å². The molecule has 3 aromatic carbocycles. The van der Waals surface area contributed by atoms with Crippen molar-refractivity contribution in [2.24, 2.45) is 0 Å². The minimum atomic E-state index is -3.82. The third-order valence-electron chi connectivity index (χ3n) is 6.59. The normalized spacial score (nSPS) is 12.4. The summed E-state index contributed by atoms with van der Waals surface area (Å²) in [6, 6.07) is 22.8. The van der Waals surface area contributed by atoms with E-state index in [1.165, 1.54) is 4.90 Å². The second-order valence-electron chi connectivity index (χ2n) is 10.8. The Kier molecular flexibility index (Phi) is 10.4. The van der Waals surface area contributed by atoms with Crippen molar-refractivity contribution in [1.29, 1.82) is 0 Å². The van der Waals surface area contributed by atoms with Crippen molar-refractivity contribution in [1.82, 2.24) is 10.2 Å². The van der Waals surface area contributed by atoms with Crippen molar-refractivity contribution < 1.29 is 18.0 Å². The van der Waals surface area contributed by atoms with Crippen LogP contribution in [0, 0.1) is 0 Å². The van der Waals surface area contributed by atoms with Gasteiger partial charge in [-0.3, -0.25) is 13.9 Å². The highest BCUT2D eigenvalue weighted by molar-refractivity contribution is 7.92. The van der Waals surface area contributed by atoms with Crippen LogP contribution in [0.15, 0.2) is 78.9 Å². The van der Waals surface area contributed by atoms with E-state index in [0.29, 0.717) is 17.3 Å². The average Bonchev–Trinajstić information content (AvgIpc) is 2.90. The Morgan fingerprint density at radius 2 is 1.50 bits per heavy atom. The molecule has 0 fully saturated rings. The molecule has 2 amide bonds. The second-order valence-corrected chi connectivity index (χ2v) is 13.2. The molecular formula is C31H38ClN3O4S. The van der Waals surface area contributed by atoms with Gasteiger partial charge in [-0.25, -0.2) is 8.42 Å². The van der Waals surface area contributed by atoms with E-state index in [4.69, 9.17) is 11.6 Å². The molecule has 0 unspecified atom stereocenters. The number of likely N-dealkylation sites (N-methyl/N-ethyl adjacent to an activating group) is 1. The van der Waals surface area contributed by atoms with Gasteiger partial charge in [0.1, 0.15) is 12.6 Å². The Morgan fingerprint density at radius 3 is 2.02 bits per heavy atom. The van der Waals surface area contributed by atoms with Crippen LogP contribution in [0.5, 0.6) is 0 Å². The summed E-state index contributed by atoms with van der Waals surface area (Å²) >= 11 is 6.08. The molecule has 0 spiro atoms. The van der Waals surface area contributed by atoms with Crippen molar-refractivity contribution in [3.8, 4) is 0 Å². The quantitative estimate of drug-likeness (QED) is 0.337. The summed E-state index contributed by atoms with van der Waals surface area (Å²) in [4.78, 5) is 28.9. The first-order chi connectivity index (χ1) is 18.8. The molecule has 214 valence electrons. The van der Waals surface area contributed by atoms with Crippen LogP contribution in [0.3, 0.4) is 0 Å². The number of sulfonamides is 1. The maximum absolute atomic E-state index is 14.0. The number of nitrogens with one attached hydrogen (secondary N) is 1. The molecule has 7 nitrogen and oxygen atoms in total. The first-order valence-electron chi connectivity index (χ1n) is 13.2. The zero-order chi connectivity index (χ0) is 29.5. The fourth-order valence-electron chi connectivity index (χ4n) is 4.37. The molecule has 0 aliphatic carbocycles. The van der Waals surface area contributed by atoms with E-state index in [0.717, 1.165) is 27.3 Å². The van der Waals surface area contributed by atoms with Crippen LogP contribution < -0.4 is 9.62 Å². The van der Waals surface area contributed by atoms with Crippen LogP contribution in [-0.2, 0) is 38.0 Å². The second kappa shape index (κ2) is 13.3. The van der Waals surface area contributed by atoms with Crippen LogP contribution >= 0.6 is 11.6 Å². The number of amides is 2. The standard InChI is InChI=1S/C31H38ClN3O4S/c1-6-33-30(37)28(20-23-10-8-7-9-11-23)34(21-24-12-16-26(32)17-13-24)29(36)22-35(40(5,38)39)27-18-14-25(15-19-27)31(2,3)4/h7-19,28H,6,20-22H2,1-5H3,(H,33,37)/t28-/m0/s1. The van der Waals surface area contributed by atoms with E-state index in [2.05, 4.69) is 26.1 Å². The van der Waals surface area contributed by atoms with Gasteiger partial charge in [-0.2, -0.15) is 0 Å². The lowest BCUT2D eigenvalue weighted by Gasteiger charge is -2.33. The number of hydrogen-bond acceptors (Lipinski definition) is 4. The van der Waals surface area contributed by atoms with Crippen molar-refractivity contribution >= 4 is 39.1 Å². The Hall–Kier alpha value is -3.36. The van der Waals surface area contributed by atoms with Gasteiger partial charge in [-0.15, -0.1) is 0 Å². The molecule has 0 radical (unpaired) electrons. The summed E-state index contributed by atoms with van der Waals surface area (Å²) in [5, 5.41) is 3.40. The largest absolute Gasteiger partial charge is 0.355 e. The highest BCUT2D eigenvalue weighted by Crippen LogP contribution is 2.26. The van der Waals surface area contributed by atoms with Gasteiger partial charge in [0.05, 0.1) is 11.9 Å². The van der Waals surface area contributed by atoms with Gasteiger partial charge in [0.15, 0.2) is 0 Å².